The Balaban J connectivity index is 2.11. The third kappa shape index (κ3) is 6.29. The van der Waals surface area contributed by atoms with E-state index in [0.29, 0.717) is 6.04 Å². The van der Waals surface area contributed by atoms with Gasteiger partial charge in [0.1, 0.15) is 11.5 Å². The van der Waals surface area contributed by atoms with Crippen LogP contribution in [0.3, 0.4) is 0 Å². The van der Waals surface area contributed by atoms with Crippen molar-refractivity contribution in [3.8, 4) is 0 Å². The van der Waals surface area contributed by atoms with E-state index in [1.165, 1.54) is 37.7 Å². The summed E-state index contributed by atoms with van der Waals surface area (Å²) in [6, 6.07) is 2.54. The zero-order valence-corrected chi connectivity index (χ0v) is 13.4. The summed E-state index contributed by atoms with van der Waals surface area (Å²) in [5.41, 5.74) is 1.30. The zero-order chi connectivity index (χ0) is 14.3. The Morgan fingerprint density at radius 1 is 1.05 bits per heavy atom. The van der Waals surface area contributed by atoms with Crippen LogP contribution in [-0.2, 0) is 0 Å². The lowest BCUT2D eigenvalue weighted by Gasteiger charge is -2.13. The minimum atomic E-state index is 0.396. The monoisotopic (exact) mass is 265 g/mol. The van der Waals surface area contributed by atoms with Gasteiger partial charge in [-0.05, 0) is 45.7 Å². The van der Waals surface area contributed by atoms with Gasteiger partial charge in [0.15, 0.2) is 0 Å². The number of aryl methyl sites for hydroxylation is 2. The largest absolute Gasteiger partial charge is 0.466 e. The summed E-state index contributed by atoms with van der Waals surface area (Å²) in [6.45, 7) is 12.0. The second kappa shape index (κ2) is 8.42. The molecule has 0 aliphatic heterocycles. The number of furan rings is 1. The molecule has 1 rings (SSSR count). The van der Waals surface area contributed by atoms with Crippen molar-refractivity contribution >= 4 is 0 Å². The Kier molecular flexibility index (Phi) is 7.22. The van der Waals surface area contributed by atoms with Crippen molar-refractivity contribution in [2.45, 2.75) is 72.8 Å². The molecule has 1 aromatic rings. The molecule has 0 aromatic carbocycles. The molecule has 1 unspecified atom stereocenters. The first kappa shape index (κ1) is 16.3. The molecule has 19 heavy (non-hydrogen) atoms. The van der Waals surface area contributed by atoms with E-state index in [2.05, 4.69) is 32.2 Å². The van der Waals surface area contributed by atoms with Crippen molar-refractivity contribution in [2.75, 3.05) is 6.54 Å². The number of hydrogen-bond donors (Lipinski definition) is 1. The van der Waals surface area contributed by atoms with Crippen molar-refractivity contribution in [3.05, 3.63) is 23.2 Å². The fourth-order valence-electron chi connectivity index (χ4n) is 2.54. The van der Waals surface area contributed by atoms with E-state index in [1.54, 1.807) is 0 Å². The Morgan fingerprint density at radius 3 is 2.32 bits per heavy atom. The lowest BCUT2D eigenvalue weighted by molar-refractivity contribution is 0.481. The number of unbranched alkanes of at least 4 members (excludes halogenated alkanes) is 3. The van der Waals surface area contributed by atoms with Crippen LogP contribution in [0.5, 0.6) is 0 Å². The fraction of sp³-hybridized carbons (Fsp3) is 0.765. The van der Waals surface area contributed by atoms with Crippen molar-refractivity contribution in [2.24, 2.45) is 5.92 Å². The van der Waals surface area contributed by atoms with Crippen LogP contribution in [-0.4, -0.2) is 6.54 Å². The molecule has 0 radical (unpaired) electrons. The molecule has 1 heterocycles. The third-order valence-electron chi connectivity index (χ3n) is 3.70. The molecule has 0 bridgehead atoms. The van der Waals surface area contributed by atoms with E-state index in [9.17, 15) is 0 Å². The summed E-state index contributed by atoms with van der Waals surface area (Å²) in [4.78, 5) is 0. The maximum Gasteiger partial charge on any atom is 0.105 e. The Hall–Kier alpha value is -0.760. The molecular weight excluding hydrogens is 234 g/mol. The van der Waals surface area contributed by atoms with Crippen LogP contribution in [0.2, 0.25) is 0 Å². The normalized spacial score (nSPS) is 13.2. The second-order valence-electron chi connectivity index (χ2n) is 6.14. The zero-order valence-electron chi connectivity index (χ0n) is 13.4. The lowest BCUT2D eigenvalue weighted by Crippen LogP contribution is -2.20. The molecule has 0 fully saturated rings. The summed E-state index contributed by atoms with van der Waals surface area (Å²) in [7, 11) is 0. The molecule has 2 nitrogen and oxygen atoms in total. The molecule has 0 amide bonds. The highest BCUT2D eigenvalue weighted by Crippen LogP contribution is 2.21. The van der Waals surface area contributed by atoms with Crippen molar-refractivity contribution in [1.29, 1.82) is 0 Å². The van der Waals surface area contributed by atoms with E-state index < -0.39 is 0 Å². The van der Waals surface area contributed by atoms with E-state index in [0.717, 1.165) is 24.0 Å². The SMILES string of the molecule is Cc1cc(C(C)NCCCCCCC(C)C)c(C)o1. The first-order valence-corrected chi connectivity index (χ1v) is 7.81. The van der Waals surface area contributed by atoms with E-state index >= 15 is 0 Å². The van der Waals surface area contributed by atoms with Crippen LogP contribution in [0.4, 0.5) is 0 Å². The molecule has 2 heteroatoms. The van der Waals surface area contributed by atoms with Gasteiger partial charge in [0.25, 0.3) is 0 Å². The van der Waals surface area contributed by atoms with Gasteiger partial charge >= 0.3 is 0 Å². The molecule has 0 saturated carbocycles. The van der Waals surface area contributed by atoms with E-state index in [-0.39, 0.29) is 0 Å². The van der Waals surface area contributed by atoms with Gasteiger partial charge < -0.3 is 9.73 Å². The number of rotatable bonds is 9. The van der Waals surface area contributed by atoms with Crippen LogP contribution < -0.4 is 5.32 Å². The van der Waals surface area contributed by atoms with Gasteiger partial charge in [-0.15, -0.1) is 0 Å². The van der Waals surface area contributed by atoms with Gasteiger partial charge in [-0.3, -0.25) is 0 Å². The van der Waals surface area contributed by atoms with Crippen LogP contribution in [0.1, 0.15) is 76.0 Å². The molecule has 1 N–H and O–H groups in total. The molecule has 110 valence electrons. The minimum absolute atomic E-state index is 0.396. The first-order chi connectivity index (χ1) is 9.00. The summed E-state index contributed by atoms with van der Waals surface area (Å²) >= 11 is 0. The van der Waals surface area contributed by atoms with E-state index in [4.69, 9.17) is 4.42 Å². The van der Waals surface area contributed by atoms with Crippen LogP contribution in [0.25, 0.3) is 0 Å². The Labute approximate surface area is 119 Å². The number of nitrogens with one attached hydrogen (secondary N) is 1. The van der Waals surface area contributed by atoms with Gasteiger partial charge in [0.2, 0.25) is 0 Å². The highest BCUT2D eigenvalue weighted by Gasteiger charge is 2.11. The van der Waals surface area contributed by atoms with Crippen LogP contribution in [0.15, 0.2) is 10.5 Å². The molecule has 0 saturated heterocycles. The maximum atomic E-state index is 5.58. The Bertz CT molecular complexity index is 354. The predicted molar refractivity (Wildman–Crippen MR) is 82.5 cm³/mol. The molecular formula is C17H31NO. The summed E-state index contributed by atoms with van der Waals surface area (Å²) in [5, 5.41) is 3.59. The van der Waals surface area contributed by atoms with Crippen LogP contribution in [0, 0.1) is 19.8 Å². The highest BCUT2D eigenvalue weighted by atomic mass is 16.3. The van der Waals surface area contributed by atoms with Gasteiger partial charge in [-0.2, -0.15) is 0 Å². The highest BCUT2D eigenvalue weighted by molar-refractivity contribution is 5.23. The van der Waals surface area contributed by atoms with Gasteiger partial charge in [-0.25, -0.2) is 0 Å². The van der Waals surface area contributed by atoms with Gasteiger partial charge in [-0.1, -0.05) is 39.5 Å². The number of hydrogen-bond acceptors (Lipinski definition) is 2. The molecule has 1 aromatic heterocycles. The average Bonchev–Trinajstić information content (AvgIpc) is 2.66. The molecule has 0 aliphatic carbocycles. The standard InChI is InChI=1S/C17H31NO/c1-13(2)10-8-6-7-9-11-18-15(4)17-12-14(3)19-16(17)5/h12-13,15,18H,6-11H2,1-5H3. The molecule has 0 aliphatic rings. The summed E-state index contributed by atoms with van der Waals surface area (Å²) in [5.74, 6) is 2.91. The van der Waals surface area contributed by atoms with Crippen molar-refractivity contribution in [1.82, 2.24) is 5.32 Å². The van der Waals surface area contributed by atoms with E-state index in [1.807, 2.05) is 13.8 Å². The molecule has 1 atom stereocenters. The lowest BCUT2D eigenvalue weighted by atomic mass is 10.0. The van der Waals surface area contributed by atoms with Crippen molar-refractivity contribution in [3.63, 3.8) is 0 Å². The minimum Gasteiger partial charge on any atom is -0.466 e. The maximum absolute atomic E-state index is 5.58. The first-order valence-electron chi connectivity index (χ1n) is 7.81. The Morgan fingerprint density at radius 2 is 1.74 bits per heavy atom. The summed E-state index contributed by atoms with van der Waals surface area (Å²) in [6.07, 6.45) is 6.75. The molecule has 0 spiro atoms. The topological polar surface area (TPSA) is 25.2 Å². The van der Waals surface area contributed by atoms with Crippen molar-refractivity contribution < 1.29 is 4.42 Å². The quantitative estimate of drug-likeness (QED) is 0.624. The average molecular weight is 265 g/mol. The summed E-state index contributed by atoms with van der Waals surface area (Å²) < 4.78 is 5.58. The van der Waals surface area contributed by atoms with Crippen LogP contribution >= 0.6 is 0 Å². The predicted octanol–water partition coefficient (Wildman–Crippen LogP) is 5.15. The smallest absolute Gasteiger partial charge is 0.105 e. The van der Waals surface area contributed by atoms with Gasteiger partial charge in [0, 0.05) is 11.6 Å². The fourth-order valence-corrected chi connectivity index (χ4v) is 2.54. The van der Waals surface area contributed by atoms with Gasteiger partial charge in [0.05, 0.1) is 0 Å². The third-order valence-corrected chi connectivity index (χ3v) is 3.70. The second-order valence-corrected chi connectivity index (χ2v) is 6.14.